The maximum absolute atomic E-state index is 12.4. The summed E-state index contributed by atoms with van der Waals surface area (Å²) in [5.74, 6) is -0.0276. The second kappa shape index (κ2) is 6.91. The highest BCUT2D eigenvalue weighted by atomic mass is 35.5. The molecule has 2 aromatic heterocycles. The molecule has 3 rings (SSSR count). The number of hydrogen-bond donors (Lipinski definition) is 2. The number of nitrogens with one attached hydrogen (secondary N) is 1. The Labute approximate surface area is 138 Å². The van der Waals surface area contributed by atoms with E-state index in [0.717, 1.165) is 19.3 Å². The minimum absolute atomic E-state index is 0.0399. The van der Waals surface area contributed by atoms with E-state index < -0.39 is 0 Å². The Morgan fingerprint density at radius 2 is 2.26 bits per heavy atom. The molecule has 2 heterocycles. The van der Waals surface area contributed by atoms with E-state index in [1.165, 1.54) is 18.4 Å². The lowest BCUT2D eigenvalue weighted by Gasteiger charge is -2.12. The maximum atomic E-state index is 12.4. The fourth-order valence-electron chi connectivity index (χ4n) is 2.69. The zero-order valence-corrected chi connectivity index (χ0v) is 13.4. The number of furan rings is 1. The number of nitrogen functional groups attached to an aromatic ring is 1. The lowest BCUT2D eigenvalue weighted by atomic mass is 9.97. The highest BCUT2D eigenvalue weighted by Gasteiger charge is 2.24. The number of nitrogens with zero attached hydrogens (tertiary/aromatic N) is 1. The number of halogens is 1. The first-order chi connectivity index (χ1) is 11.1. The van der Waals surface area contributed by atoms with Gasteiger partial charge < -0.3 is 20.0 Å². The highest BCUT2D eigenvalue weighted by Crippen LogP contribution is 2.30. The predicted octanol–water partition coefficient (Wildman–Crippen LogP) is 3.79. The Morgan fingerprint density at radius 3 is 2.96 bits per heavy atom. The van der Waals surface area contributed by atoms with Crippen LogP contribution in [0.3, 0.4) is 0 Å². The molecular weight excluding hydrogens is 318 g/mol. The number of amides is 1. The van der Waals surface area contributed by atoms with E-state index in [4.69, 9.17) is 26.3 Å². The minimum atomic E-state index is -0.331. The molecule has 0 fully saturated rings. The number of aromatic nitrogens is 1. The van der Waals surface area contributed by atoms with Crippen molar-refractivity contribution in [2.45, 2.75) is 32.1 Å². The first-order valence-electron chi connectivity index (χ1n) is 7.62. The van der Waals surface area contributed by atoms with Crippen LogP contribution in [0.5, 0.6) is 0 Å². The van der Waals surface area contributed by atoms with Gasteiger partial charge in [-0.05, 0) is 55.8 Å². The molecular formula is C16H18ClN3O3. The lowest BCUT2D eigenvalue weighted by molar-refractivity contribution is 0.0955. The molecule has 0 radical (unpaired) electrons. The van der Waals surface area contributed by atoms with Crippen LogP contribution in [0, 0.1) is 0 Å². The number of anilines is 1. The monoisotopic (exact) mass is 335 g/mol. The number of nitrogens with two attached hydrogens (primary N) is 1. The number of carbonyl (C=O) groups excluding carboxylic acids is 1. The number of allylic oxidation sites excluding steroid dienone is 1. The third-order valence-corrected chi connectivity index (χ3v) is 4.07. The molecule has 1 amide bonds. The molecule has 7 heteroatoms. The summed E-state index contributed by atoms with van der Waals surface area (Å²) in [6.07, 6.45) is 7.83. The van der Waals surface area contributed by atoms with Gasteiger partial charge in [0.2, 0.25) is 5.88 Å². The standard InChI is InChI=1S/C16H18ClN3O3/c17-12-7-6-11(22-12)14-13(15(18)23-20-14)16(21)19-9-8-10-4-2-1-3-5-10/h4,6-7H,1-3,5,8-9,18H2,(H,19,21). The molecule has 0 saturated carbocycles. The number of rotatable bonds is 5. The molecule has 0 aromatic carbocycles. The third kappa shape index (κ3) is 3.59. The Bertz CT molecular complexity index is 733. The van der Waals surface area contributed by atoms with Crippen LogP contribution in [0.1, 0.15) is 42.5 Å². The van der Waals surface area contributed by atoms with Gasteiger partial charge in [-0.3, -0.25) is 4.79 Å². The van der Waals surface area contributed by atoms with Crippen LogP contribution in [0.4, 0.5) is 5.88 Å². The molecule has 0 saturated heterocycles. The van der Waals surface area contributed by atoms with Crippen molar-refractivity contribution in [1.82, 2.24) is 10.5 Å². The van der Waals surface area contributed by atoms with E-state index in [1.54, 1.807) is 12.1 Å². The summed E-state index contributed by atoms with van der Waals surface area (Å²) < 4.78 is 10.2. The zero-order valence-electron chi connectivity index (χ0n) is 12.6. The number of carbonyl (C=O) groups is 1. The molecule has 1 aliphatic rings. The van der Waals surface area contributed by atoms with E-state index in [1.807, 2.05) is 0 Å². The first-order valence-corrected chi connectivity index (χ1v) is 8.00. The average molecular weight is 336 g/mol. The Hall–Kier alpha value is -2.21. The topological polar surface area (TPSA) is 94.3 Å². The van der Waals surface area contributed by atoms with Crippen molar-refractivity contribution >= 4 is 23.4 Å². The summed E-state index contributed by atoms with van der Waals surface area (Å²) in [4.78, 5) is 12.4. The van der Waals surface area contributed by atoms with Crippen molar-refractivity contribution in [2.75, 3.05) is 12.3 Å². The summed E-state index contributed by atoms with van der Waals surface area (Å²) in [7, 11) is 0. The summed E-state index contributed by atoms with van der Waals surface area (Å²) in [5, 5.41) is 6.86. The largest absolute Gasteiger partial charge is 0.443 e. The molecule has 3 N–H and O–H groups in total. The van der Waals surface area contributed by atoms with Crippen LogP contribution >= 0.6 is 11.6 Å². The van der Waals surface area contributed by atoms with E-state index in [0.29, 0.717) is 12.3 Å². The zero-order chi connectivity index (χ0) is 16.2. The molecule has 0 spiro atoms. The van der Waals surface area contributed by atoms with Crippen molar-refractivity contribution in [2.24, 2.45) is 0 Å². The van der Waals surface area contributed by atoms with Crippen molar-refractivity contribution in [3.8, 4) is 11.5 Å². The van der Waals surface area contributed by atoms with Gasteiger partial charge in [0.15, 0.2) is 16.7 Å². The molecule has 122 valence electrons. The Kier molecular flexibility index (Phi) is 4.71. The highest BCUT2D eigenvalue weighted by molar-refractivity contribution is 6.29. The molecule has 1 aliphatic carbocycles. The second-order valence-corrected chi connectivity index (χ2v) is 5.86. The van der Waals surface area contributed by atoms with Crippen molar-refractivity contribution < 1.29 is 13.7 Å². The summed E-state index contributed by atoms with van der Waals surface area (Å²) in [6, 6.07) is 3.18. The molecule has 23 heavy (non-hydrogen) atoms. The van der Waals surface area contributed by atoms with E-state index in [9.17, 15) is 4.79 Å². The van der Waals surface area contributed by atoms with Crippen LogP contribution in [0.2, 0.25) is 5.22 Å². The summed E-state index contributed by atoms with van der Waals surface area (Å²) in [5.41, 5.74) is 7.55. The normalized spacial score (nSPS) is 14.6. The quantitative estimate of drug-likeness (QED) is 0.810. The first kappa shape index (κ1) is 15.7. The van der Waals surface area contributed by atoms with E-state index in [-0.39, 0.29) is 28.3 Å². The fourth-order valence-corrected chi connectivity index (χ4v) is 2.83. The van der Waals surface area contributed by atoms with Gasteiger partial charge in [0, 0.05) is 6.54 Å². The van der Waals surface area contributed by atoms with Crippen LogP contribution in [-0.4, -0.2) is 17.6 Å². The fraction of sp³-hybridized carbons (Fsp3) is 0.375. The van der Waals surface area contributed by atoms with Gasteiger partial charge in [-0.15, -0.1) is 0 Å². The van der Waals surface area contributed by atoms with Gasteiger partial charge in [-0.25, -0.2) is 0 Å². The lowest BCUT2D eigenvalue weighted by Crippen LogP contribution is -2.25. The van der Waals surface area contributed by atoms with E-state index in [2.05, 4.69) is 16.5 Å². The van der Waals surface area contributed by atoms with Crippen molar-refractivity contribution in [3.05, 3.63) is 34.6 Å². The average Bonchev–Trinajstić information content (AvgIpc) is 3.14. The van der Waals surface area contributed by atoms with Crippen LogP contribution in [0.15, 0.2) is 32.7 Å². The SMILES string of the molecule is Nc1onc(-c2ccc(Cl)o2)c1C(=O)NCCC1=CCCCC1. The Balaban J connectivity index is 1.67. The molecule has 0 atom stereocenters. The molecule has 2 aromatic rings. The van der Waals surface area contributed by atoms with Crippen LogP contribution in [-0.2, 0) is 0 Å². The van der Waals surface area contributed by atoms with Gasteiger partial charge in [-0.1, -0.05) is 16.8 Å². The summed E-state index contributed by atoms with van der Waals surface area (Å²) >= 11 is 5.76. The molecule has 0 aliphatic heterocycles. The third-order valence-electron chi connectivity index (χ3n) is 3.87. The smallest absolute Gasteiger partial charge is 0.259 e. The van der Waals surface area contributed by atoms with Crippen molar-refractivity contribution in [3.63, 3.8) is 0 Å². The van der Waals surface area contributed by atoms with Gasteiger partial charge in [0.1, 0.15) is 5.56 Å². The van der Waals surface area contributed by atoms with Crippen molar-refractivity contribution in [1.29, 1.82) is 0 Å². The van der Waals surface area contributed by atoms with Crippen LogP contribution < -0.4 is 11.1 Å². The molecule has 6 nitrogen and oxygen atoms in total. The molecule has 0 unspecified atom stereocenters. The Morgan fingerprint density at radius 1 is 1.39 bits per heavy atom. The maximum Gasteiger partial charge on any atom is 0.259 e. The van der Waals surface area contributed by atoms with Gasteiger partial charge in [0.05, 0.1) is 0 Å². The molecule has 0 bridgehead atoms. The number of hydrogen-bond acceptors (Lipinski definition) is 5. The van der Waals surface area contributed by atoms with Gasteiger partial charge >= 0.3 is 0 Å². The van der Waals surface area contributed by atoms with Gasteiger partial charge in [-0.2, -0.15) is 0 Å². The minimum Gasteiger partial charge on any atom is -0.443 e. The second-order valence-electron chi connectivity index (χ2n) is 5.49. The summed E-state index contributed by atoms with van der Waals surface area (Å²) in [6.45, 7) is 0.549. The predicted molar refractivity (Wildman–Crippen MR) is 87.1 cm³/mol. The van der Waals surface area contributed by atoms with Crippen LogP contribution in [0.25, 0.3) is 11.5 Å². The van der Waals surface area contributed by atoms with E-state index >= 15 is 0 Å². The van der Waals surface area contributed by atoms with Gasteiger partial charge in [0.25, 0.3) is 5.91 Å².